The summed E-state index contributed by atoms with van der Waals surface area (Å²) in [7, 11) is 0. The molecule has 1 aliphatic carbocycles. The van der Waals surface area contributed by atoms with Crippen LogP contribution in [0.1, 0.15) is 90.9 Å². The van der Waals surface area contributed by atoms with E-state index in [1.807, 2.05) is 0 Å². The van der Waals surface area contributed by atoms with Gasteiger partial charge in [-0.05, 0) is 25.7 Å². The van der Waals surface area contributed by atoms with E-state index in [4.69, 9.17) is 0 Å². The highest BCUT2D eigenvalue weighted by molar-refractivity contribution is 5.77. The molecule has 0 aromatic heterocycles. The predicted octanol–water partition coefficient (Wildman–Crippen LogP) is 3.69. The van der Waals surface area contributed by atoms with Crippen LogP contribution in [0.4, 0.5) is 0 Å². The first-order valence-electron chi connectivity index (χ1n) is 9.26. The zero-order chi connectivity index (χ0) is 16.2. The third-order valence-electron chi connectivity index (χ3n) is 4.47. The van der Waals surface area contributed by atoms with Crippen LogP contribution in [0.3, 0.4) is 0 Å². The Hall–Kier alpha value is -1.06. The minimum Gasteiger partial charge on any atom is -0.351 e. The monoisotopic (exact) mass is 310 g/mol. The Labute approximate surface area is 135 Å². The van der Waals surface area contributed by atoms with Crippen molar-refractivity contribution in [2.45, 2.75) is 103 Å². The largest absolute Gasteiger partial charge is 0.351 e. The van der Waals surface area contributed by atoms with Gasteiger partial charge in [0.1, 0.15) is 0 Å². The lowest BCUT2D eigenvalue weighted by atomic mass is 9.90. The van der Waals surface area contributed by atoms with Gasteiger partial charge in [-0.1, -0.05) is 52.4 Å². The van der Waals surface area contributed by atoms with E-state index < -0.39 is 0 Å². The normalized spacial score (nSPS) is 21.4. The fourth-order valence-corrected chi connectivity index (χ4v) is 3.11. The summed E-state index contributed by atoms with van der Waals surface area (Å²) >= 11 is 0. The minimum atomic E-state index is 0.123. The summed E-state index contributed by atoms with van der Waals surface area (Å²) in [5.41, 5.74) is 0. The van der Waals surface area contributed by atoms with Gasteiger partial charge in [-0.25, -0.2) is 0 Å². The predicted molar refractivity (Wildman–Crippen MR) is 90.6 cm³/mol. The van der Waals surface area contributed by atoms with Gasteiger partial charge in [0.05, 0.1) is 0 Å². The summed E-state index contributed by atoms with van der Waals surface area (Å²) in [6, 6.07) is 0.246. The number of nitrogens with one attached hydrogen (secondary N) is 2. The third-order valence-corrected chi connectivity index (χ3v) is 4.47. The highest BCUT2D eigenvalue weighted by Gasteiger charge is 2.27. The molecule has 1 saturated carbocycles. The second-order valence-electron chi connectivity index (χ2n) is 6.55. The quantitative estimate of drug-likeness (QED) is 0.605. The Morgan fingerprint density at radius 3 is 1.55 bits per heavy atom. The number of carbonyl (C=O) groups is 2. The molecule has 0 bridgehead atoms. The molecule has 0 spiro atoms. The molecule has 1 aliphatic rings. The number of carbonyl (C=O) groups excluding carboxylic acids is 2. The molecule has 0 heterocycles. The first kappa shape index (κ1) is 19.0. The van der Waals surface area contributed by atoms with Crippen molar-refractivity contribution in [2.75, 3.05) is 0 Å². The summed E-state index contributed by atoms with van der Waals surface area (Å²) < 4.78 is 0. The van der Waals surface area contributed by atoms with Gasteiger partial charge < -0.3 is 10.6 Å². The molecule has 2 amide bonds. The van der Waals surface area contributed by atoms with Gasteiger partial charge in [-0.2, -0.15) is 0 Å². The first-order valence-corrected chi connectivity index (χ1v) is 9.26. The van der Waals surface area contributed by atoms with Gasteiger partial charge in [0.15, 0.2) is 0 Å². The number of rotatable bonds is 10. The summed E-state index contributed by atoms with van der Waals surface area (Å²) in [6.07, 6.45) is 11.9. The minimum absolute atomic E-state index is 0.123. The van der Waals surface area contributed by atoms with Crippen LogP contribution >= 0.6 is 0 Å². The molecule has 22 heavy (non-hydrogen) atoms. The highest BCUT2D eigenvalue weighted by Crippen LogP contribution is 2.19. The molecule has 128 valence electrons. The Balaban J connectivity index is 2.35. The fourth-order valence-electron chi connectivity index (χ4n) is 3.11. The second-order valence-corrected chi connectivity index (χ2v) is 6.55. The van der Waals surface area contributed by atoms with Crippen LogP contribution in [-0.4, -0.2) is 23.9 Å². The third kappa shape index (κ3) is 7.81. The lowest BCUT2D eigenvalue weighted by Gasteiger charge is -2.33. The molecule has 0 aliphatic heterocycles. The van der Waals surface area contributed by atoms with E-state index in [0.29, 0.717) is 12.8 Å². The van der Waals surface area contributed by atoms with Gasteiger partial charge in [0, 0.05) is 24.9 Å². The highest BCUT2D eigenvalue weighted by atomic mass is 16.2. The molecule has 2 N–H and O–H groups in total. The Kier molecular flexibility index (Phi) is 9.93. The van der Waals surface area contributed by atoms with Crippen molar-refractivity contribution in [3.8, 4) is 0 Å². The maximum atomic E-state index is 12.0. The molecule has 1 rings (SSSR count). The maximum absolute atomic E-state index is 12.0. The zero-order valence-corrected chi connectivity index (χ0v) is 14.5. The fraction of sp³-hybridized carbons (Fsp3) is 0.889. The molecular weight excluding hydrogens is 276 g/mol. The zero-order valence-electron chi connectivity index (χ0n) is 14.5. The Morgan fingerprint density at radius 1 is 0.773 bits per heavy atom. The van der Waals surface area contributed by atoms with E-state index in [1.165, 1.54) is 0 Å². The van der Waals surface area contributed by atoms with Crippen molar-refractivity contribution >= 4 is 11.8 Å². The van der Waals surface area contributed by atoms with Gasteiger partial charge >= 0.3 is 0 Å². The van der Waals surface area contributed by atoms with E-state index in [2.05, 4.69) is 24.5 Å². The summed E-state index contributed by atoms with van der Waals surface area (Å²) in [4.78, 5) is 24.0. The van der Waals surface area contributed by atoms with Gasteiger partial charge in [0.2, 0.25) is 11.8 Å². The lowest BCUT2D eigenvalue weighted by molar-refractivity contribution is -0.125. The van der Waals surface area contributed by atoms with Crippen molar-refractivity contribution < 1.29 is 9.59 Å². The van der Waals surface area contributed by atoms with Crippen molar-refractivity contribution in [1.82, 2.24) is 10.6 Å². The second kappa shape index (κ2) is 11.5. The summed E-state index contributed by atoms with van der Waals surface area (Å²) in [5, 5.41) is 6.29. The van der Waals surface area contributed by atoms with Gasteiger partial charge in [-0.3, -0.25) is 9.59 Å². The van der Waals surface area contributed by atoms with Crippen LogP contribution in [0, 0.1) is 0 Å². The van der Waals surface area contributed by atoms with Crippen molar-refractivity contribution in [3.63, 3.8) is 0 Å². The van der Waals surface area contributed by atoms with E-state index in [9.17, 15) is 9.59 Å². The van der Waals surface area contributed by atoms with Crippen LogP contribution in [-0.2, 0) is 9.59 Å². The maximum Gasteiger partial charge on any atom is 0.220 e. The molecular formula is C18H34N2O2. The molecule has 0 aromatic carbocycles. The van der Waals surface area contributed by atoms with Gasteiger partial charge in [-0.15, -0.1) is 0 Å². The number of unbranched alkanes of at least 4 members (excludes halogenated alkanes) is 4. The summed E-state index contributed by atoms with van der Waals surface area (Å²) in [5.74, 6) is 0.288. The SMILES string of the molecule is CCCCCC(=O)N[C@@H]1CCCC[C@H]1NC(=O)CCCCC. The molecule has 0 saturated heterocycles. The van der Waals surface area contributed by atoms with Crippen LogP contribution in [0.5, 0.6) is 0 Å². The molecule has 1 fully saturated rings. The number of amides is 2. The molecule has 0 radical (unpaired) electrons. The number of hydrogen-bond acceptors (Lipinski definition) is 2. The number of hydrogen-bond donors (Lipinski definition) is 2. The molecule has 2 atom stereocenters. The summed E-state index contributed by atoms with van der Waals surface area (Å²) in [6.45, 7) is 4.28. The van der Waals surface area contributed by atoms with E-state index in [1.54, 1.807) is 0 Å². The molecule has 0 aromatic rings. The lowest BCUT2D eigenvalue weighted by Crippen LogP contribution is -2.53. The van der Waals surface area contributed by atoms with Crippen molar-refractivity contribution in [1.29, 1.82) is 0 Å². The van der Waals surface area contributed by atoms with Gasteiger partial charge in [0.25, 0.3) is 0 Å². The smallest absolute Gasteiger partial charge is 0.220 e. The van der Waals surface area contributed by atoms with Crippen LogP contribution in [0.2, 0.25) is 0 Å². The van der Waals surface area contributed by atoms with E-state index >= 15 is 0 Å². The Bertz CT molecular complexity index is 299. The topological polar surface area (TPSA) is 58.2 Å². The van der Waals surface area contributed by atoms with Crippen molar-refractivity contribution in [2.24, 2.45) is 0 Å². The molecule has 4 nitrogen and oxygen atoms in total. The first-order chi connectivity index (χ1) is 10.7. The molecule has 4 heteroatoms. The van der Waals surface area contributed by atoms with Crippen LogP contribution < -0.4 is 10.6 Å². The van der Waals surface area contributed by atoms with E-state index in [0.717, 1.165) is 64.2 Å². The molecule has 0 unspecified atom stereocenters. The standard InChI is InChI=1S/C18H34N2O2/c1-3-5-7-13-17(21)19-15-11-9-10-12-16(15)20-18(22)14-8-6-4-2/h15-16H,3-14H2,1-2H3,(H,19,21)(H,20,22)/t15-,16-/m1/s1. The van der Waals surface area contributed by atoms with Crippen LogP contribution in [0.15, 0.2) is 0 Å². The van der Waals surface area contributed by atoms with E-state index in [-0.39, 0.29) is 23.9 Å². The van der Waals surface area contributed by atoms with Crippen molar-refractivity contribution in [3.05, 3.63) is 0 Å². The van der Waals surface area contributed by atoms with Crippen LogP contribution in [0.25, 0.3) is 0 Å². The average Bonchev–Trinajstić information content (AvgIpc) is 2.50. The Morgan fingerprint density at radius 2 is 1.18 bits per heavy atom. The average molecular weight is 310 g/mol.